The molecular formula is C47H72NO8P. The van der Waals surface area contributed by atoms with Crippen molar-refractivity contribution in [3.63, 3.8) is 0 Å². The largest absolute Gasteiger partial charge is 0.472 e. The molecule has 0 aliphatic carbocycles. The number of hydrogen-bond donors (Lipinski definition) is 2. The number of unbranched alkanes of at least 4 members (excludes halogenated alkanes) is 5. The molecule has 0 amide bonds. The molecule has 0 bridgehead atoms. The zero-order valence-corrected chi connectivity index (χ0v) is 35.6. The van der Waals surface area contributed by atoms with Gasteiger partial charge >= 0.3 is 19.8 Å². The molecular weight excluding hydrogens is 737 g/mol. The van der Waals surface area contributed by atoms with Crippen molar-refractivity contribution in [3.05, 3.63) is 134 Å². The Morgan fingerprint density at radius 3 is 1.58 bits per heavy atom. The molecule has 0 aromatic rings. The number of phosphoric ester groups is 1. The zero-order chi connectivity index (χ0) is 41.8. The van der Waals surface area contributed by atoms with Crippen LogP contribution in [0.2, 0.25) is 0 Å². The SMILES string of the molecule is CC/C=C/C=C/C=C/C=C/C=C/CCCC(=O)OC(COC(=O)CCCCCC/C=C/C/C=C/C/C=C/C/C=C/C/C=C/C/C=C/CC)COP(=O)(O)OCCN. The Hall–Kier alpha value is -3.85. The summed E-state index contributed by atoms with van der Waals surface area (Å²) in [5, 5.41) is 0. The minimum atomic E-state index is -4.41. The fourth-order valence-electron chi connectivity index (χ4n) is 4.66. The molecule has 10 heteroatoms. The fourth-order valence-corrected chi connectivity index (χ4v) is 5.43. The molecule has 0 aromatic carbocycles. The monoisotopic (exact) mass is 809 g/mol. The highest BCUT2D eigenvalue weighted by atomic mass is 31.2. The maximum absolute atomic E-state index is 12.5. The lowest BCUT2D eigenvalue weighted by atomic mass is 10.1. The van der Waals surface area contributed by atoms with E-state index in [0.29, 0.717) is 19.3 Å². The molecule has 0 aliphatic rings. The van der Waals surface area contributed by atoms with Gasteiger partial charge in [-0.3, -0.25) is 18.6 Å². The average molecular weight is 810 g/mol. The Kier molecular flexibility index (Phi) is 39.0. The summed E-state index contributed by atoms with van der Waals surface area (Å²) in [6, 6.07) is 0. The Balaban J connectivity index is 4.32. The van der Waals surface area contributed by atoms with Crippen LogP contribution < -0.4 is 5.73 Å². The molecule has 0 aromatic heterocycles. The maximum Gasteiger partial charge on any atom is 0.472 e. The third kappa shape index (κ3) is 41.6. The van der Waals surface area contributed by atoms with Crippen LogP contribution in [-0.2, 0) is 32.7 Å². The van der Waals surface area contributed by atoms with E-state index in [-0.39, 0.29) is 32.6 Å². The van der Waals surface area contributed by atoms with Gasteiger partial charge in [-0.15, -0.1) is 0 Å². The van der Waals surface area contributed by atoms with Crippen LogP contribution in [0.4, 0.5) is 0 Å². The Morgan fingerprint density at radius 1 is 0.544 bits per heavy atom. The summed E-state index contributed by atoms with van der Waals surface area (Å²) < 4.78 is 32.6. The van der Waals surface area contributed by atoms with E-state index in [0.717, 1.165) is 70.6 Å². The van der Waals surface area contributed by atoms with Crippen molar-refractivity contribution in [1.82, 2.24) is 0 Å². The summed E-state index contributed by atoms with van der Waals surface area (Å²) in [6.07, 6.45) is 57.8. The van der Waals surface area contributed by atoms with Crippen LogP contribution >= 0.6 is 7.82 Å². The van der Waals surface area contributed by atoms with Gasteiger partial charge in [-0.25, -0.2) is 4.57 Å². The Morgan fingerprint density at radius 2 is 1.02 bits per heavy atom. The van der Waals surface area contributed by atoms with E-state index in [4.69, 9.17) is 24.3 Å². The van der Waals surface area contributed by atoms with Gasteiger partial charge < -0.3 is 20.1 Å². The number of phosphoric acid groups is 1. The van der Waals surface area contributed by atoms with Gasteiger partial charge in [0.2, 0.25) is 0 Å². The first-order chi connectivity index (χ1) is 27.8. The van der Waals surface area contributed by atoms with Gasteiger partial charge in [0.1, 0.15) is 6.61 Å². The van der Waals surface area contributed by atoms with Crippen molar-refractivity contribution < 1.29 is 37.6 Å². The van der Waals surface area contributed by atoms with E-state index in [1.165, 1.54) is 0 Å². The molecule has 0 aliphatic heterocycles. The number of nitrogens with two attached hydrogens (primary N) is 1. The third-order valence-corrected chi connectivity index (χ3v) is 8.64. The molecule has 3 N–H and O–H groups in total. The van der Waals surface area contributed by atoms with Gasteiger partial charge in [0.25, 0.3) is 0 Å². The van der Waals surface area contributed by atoms with Crippen molar-refractivity contribution in [2.75, 3.05) is 26.4 Å². The molecule has 57 heavy (non-hydrogen) atoms. The number of rotatable bonds is 36. The second kappa shape index (κ2) is 41.8. The molecule has 0 heterocycles. The van der Waals surface area contributed by atoms with Gasteiger partial charge in [-0.05, 0) is 77.0 Å². The number of ether oxygens (including phenoxy) is 2. The lowest BCUT2D eigenvalue weighted by Gasteiger charge is -2.19. The van der Waals surface area contributed by atoms with Gasteiger partial charge in [-0.2, -0.15) is 0 Å². The van der Waals surface area contributed by atoms with E-state index in [1.54, 1.807) is 0 Å². The summed E-state index contributed by atoms with van der Waals surface area (Å²) in [5.74, 6) is -0.963. The van der Waals surface area contributed by atoms with E-state index < -0.39 is 32.5 Å². The zero-order valence-electron chi connectivity index (χ0n) is 34.8. The molecule has 0 saturated carbocycles. The Bertz CT molecular complexity index is 1380. The van der Waals surface area contributed by atoms with Gasteiger partial charge in [0, 0.05) is 19.4 Å². The van der Waals surface area contributed by atoms with Crippen LogP contribution in [0.5, 0.6) is 0 Å². The minimum absolute atomic E-state index is 0.0294. The predicted octanol–water partition coefficient (Wildman–Crippen LogP) is 11.9. The van der Waals surface area contributed by atoms with Crippen LogP contribution in [0.3, 0.4) is 0 Å². The lowest BCUT2D eigenvalue weighted by Crippen LogP contribution is -2.29. The topological polar surface area (TPSA) is 134 Å². The molecule has 0 rings (SSSR count). The average Bonchev–Trinajstić information content (AvgIpc) is 3.20. The standard InChI is InChI=1S/C47H72NO8P/c1-3-5-7-9-11-13-15-17-18-19-20-21-22-23-24-25-26-28-29-31-33-35-37-39-46(49)53-43-45(44-55-57(51,52)54-42-41-48)56-47(50)40-38-36-34-32-30-27-16-14-12-10-8-6-4-2/h5-8,10-14,16-18,20-21,23-24,26-28,30,32,34,45H,3-4,9,15,19,22,25,29,31,33,35-44,48H2,1-2H3,(H,51,52)/b7-5+,8-6+,12-10+,13-11+,16-14+,18-17+,21-20+,24-23+,28-26+,30-27+,34-32+. The first kappa shape index (κ1) is 53.1. The highest BCUT2D eigenvalue weighted by Crippen LogP contribution is 2.43. The second-order valence-corrected chi connectivity index (χ2v) is 14.3. The summed E-state index contributed by atoms with van der Waals surface area (Å²) >= 11 is 0. The van der Waals surface area contributed by atoms with E-state index in [2.05, 4.69) is 92.8 Å². The molecule has 9 nitrogen and oxygen atoms in total. The van der Waals surface area contributed by atoms with E-state index in [9.17, 15) is 19.0 Å². The quantitative estimate of drug-likeness (QED) is 0.0208. The first-order valence-corrected chi connectivity index (χ1v) is 22.2. The number of allylic oxidation sites excluding steroid dienone is 22. The molecule has 2 atom stereocenters. The number of esters is 2. The van der Waals surface area contributed by atoms with Crippen LogP contribution in [0.15, 0.2) is 134 Å². The highest BCUT2D eigenvalue weighted by Gasteiger charge is 2.25. The van der Waals surface area contributed by atoms with Crippen molar-refractivity contribution in [3.8, 4) is 0 Å². The second-order valence-electron chi connectivity index (χ2n) is 12.9. The first-order valence-electron chi connectivity index (χ1n) is 20.7. The molecule has 0 saturated heterocycles. The number of carbonyl (C=O) groups excluding carboxylic acids is 2. The van der Waals surface area contributed by atoms with Crippen LogP contribution in [-0.4, -0.2) is 49.3 Å². The molecule has 318 valence electrons. The number of carbonyl (C=O) groups is 2. The molecule has 0 radical (unpaired) electrons. The lowest BCUT2D eigenvalue weighted by molar-refractivity contribution is -0.161. The van der Waals surface area contributed by atoms with Gasteiger partial charge in [0.05, 0.1) is 13.2 Å². The summed E-state index contributed by atoms with van der Waals surface area (Å²) in [7, 11) is -4.41. The van der Waals surface area contributed by atoms with E-state index >= 15 is 0 Å². The summed E-state index contributed by atoms with van der Waals surface area (Å²) in [5.41, 5.74) is 5.33. The van der Waals surface area contributed by atoms with Crippen molar-refractivity contribution in [1.29, 1.82) is 0 Å². The minimum Gasteiger partial charge on any atom is -0.462 e. The normalized spacial score (nSPS) is 14.7. The summed E-state index contributed by atoms with van der Waals surface area (Å²) in [6.45, 7) is 3.30. The fraction of sp³-hybridized carbons (Fsp3) is 0.489. The molecule has 2 unspecified atom stereocenters. The third-order valence-electron chi connectivity index (χ3n) is 7.66. The molecule has 0 spiro atoms. The van der Waals surface area contributed by atoms with Gasteiger partial charge in [-0.1, -0.05) is 160 Å². The van der Waals surface area contributed by atoms with E-state index in [1.807, 2.05) is 54.7 Å². The highest BCUT2D eigenvalue weighted by molar-refractivity contribution is 7.47. The summed E-state index contributed by atoms with van der Waals surface area (Å²) in [4.78, 5) is 34.8. The van der Waals surface area contributed by atoms with Crippen molar-refractivity contribution in [2.45, 2.75) is 123 Å². The maximum atomic E-state index is 12.5. The van der Waals surface area contributed by atoms with Crippen LogP contribution in [0.25, 0.3) is 0 Å². The van der Waals surface area contributed by atoms with Crippen LogP contribution in [0.1, 0.15) is 117 Å². The Labute approximate surface area is 344 Å². The van der Waals surface area contributed by atoms with Gasteiger partial charge in [0.15, 0.2) is 6.10 Å². The van der Waals surface area contributed by atoms with Crippen LogP contribution in [0, 0.1) is 0 Å². The number of hydrogen-bond acceptors (Lipinski definition) is 8. The van der Waals surface area contributed by atoms with Crippen molar-refractivity contribution >= 4 is 19.8 Å². The predicted molar refractivity (Wildman–Crippen MR) is 237 cm³/mol. The van der Waals surface area contributed by atoms with Crippen molar-refractivity contribution in [2.24, 2.45) is 5.73 Å². The smallest absolute Gasteiger partial charge is 0.462 e. The molecule has 0 fully saturated rings.